The van der Waals surface area contributed by atoms with Crippen LogP contribution in [0.2, 0.25) is 0 Å². The van der Waals surface area contributed by atoms with E-state index in [2.05, 4.69) is 15.3 Å². The summed E-state index contributed by atoms with van der Waals surface area (Å²) < 4.78 is 1.52. The van der Waals surface area contributed by atoms with Crippen molar-refractivity contribution in [2.75, 3.05) is 19.6 Å². The molecule has 23 heavy (non-hydrogen) atoms. The Kier molecular flexibility index (Phi) is 5.88. The number of aryl methyl sites for hydroxylation is 1. The Bertz CT molecular complexity index is 625. The minimum atomic E-state index is -0.496. The molecule has 0 amide bonds. The third kappa shape index (κ3) is 4.66. The van der Waals surface area contributed by atoms with Gasteiger partial charge in [-0.2, -0.15) is 4.90 Å². The molecule has 0 saturated carbocycles. The van der Waals surface area contributed by atoms with Crippen LogP contribution in [-0.2, 0) is 6.54 Å². The molecule has 1 aromatic heterocycles. The van der Waals surface area contributed by atoms with Crippen molar-refractivity contribution in [3.63, 3.8) is 0 Å². The van der Waals surface area contributed by atoms with Crippen molar-refractivity contribution in [2.45, 2.75) is 19.4 Å². The second kappa shape index (κ2) is 8.10. The minimum absolute atomic E-state index is 0.0579. The first-order valence-corrected chi connectivity index (χ1v) is 7.31. The molecule has 1 aliphatic heterocycles. The standard InChI is InChI=1S/C12H17N7O4/c20-18(21)11-14-5-9-16(11)7-1-3-13-4-2-8-17-10-6-15-12(17)19(22)23/h5-6,9-10,13H,1-4,7-8H2/p+2. The largest absolute Gasteiger partial charge is 0.541 e. The molecule has 0 spiro atoms. The topological polar surface area (TPSA) is 138 Å². The summed E-state index contributed by atoms with van der Waals surface area (Å²) in [6, 6.07) is 0. The number of aromatic nitrogens is 2. The number of imidazole rings is 1. The fourth-order valence-electron chi connectivity index (χ4n) is 2.35. The van der Waals surface area contributed by atoms with Crippen molar-refractivity contribution in [3.05, 3.63) is 45.0 Å². The van der Waals surface area contributed by atoms with Crippen LogP contribution in [0.1, 0.15) is 12.8 Å². The van der Waals surface area contributed by atoms with Crippen molar-refractivity contribution < 1.29 is 20.1 Å². The van der Waals surface area contributed by atoms with Gasteiger partial charge in [-0.05, 0) is 4.92 Å². The van der Waals surface area contributed by atoms with Crippen LogP contribution in [0.3, 0.4) is 0 Å². The number of guanidine groups is 1. The van der Waals surface area contributed by atoms with Gasteiger partial charge in [-0.3, -0.25) is 0 Å². The molecule has 2 heterocycles. The van der Waals surface area contributed by atoms with E-state index >= 15 is 0 Å². The maximum Gasteiger partial charge on any atom is 0.541 e. The van der Waals surface area contributed by atoms with Gasteiger partial charge >= 0.3 is 11.9 Å². The number of nitrogens with zero attached hydrogens (tertiary/aromatic N) is 5. The molecule has 1 unspecified atom stereocenters. The zero-order valence-electron chi connectivity index (χ0n) is 12.5. The number of rotatable bonds is 9. The number of hydrogen-bond donors (Lipinski definition) is 2. The number of aliphatic imine (C=N–C) groups is 1. The molecule has 11 heteroatoms. The summed E-state index contributed by atoms with van der Waals surface area (Å²) in [6.07, 6.45) is 7.75. The van der Waals surface area contributed by atoms with E-state index in [1.807, 2.05) is 0 Å². The molecule has 0 bridgehead atoms. The second-order valence-electron chi connectivity index (χ2n) is 5.05. The van der Waals surface area contributed by atoms with Crippen LogP contribution in [0.5, 0.6) is 0 Å². The third-order valence-corrected chi connectivity index (χ3v) is 3.45. The Morgan fingerprint density at radius 2 is 2.00 bits per heavy atom. The zero-order chi connectivity index (χ0) is 16.7. The normalized spacial score (nSPS) is 16.5. The summed E-state index contributed by atoms with van der Waals surface area (Å²) in [4.78, 5) is 28.5. The van der Waals surface area contributed by atoms with Crippen LogP contribution < -0.4 is 10.2 Å². The minimum Gasteiger partial charge on any atom is -0.390 e. The first-order chi connectivity index (χ1) is 11.1. The second-order valence-corrected chi connectivity index (χ2v) is 5.05. The van der Waals surface area contributed by atoms with E-state index in [4.69, 9.17) is 0 Å². The lowest BCUT2D eigenvalue weighted by molar-refractivity contribution is -0.790. The van der Waals surface area contributed by atoms with Gasteiger partial charge in [0, 0.05) is 22.8 Å². The molecular formula is C12H19N7O4+2. The Morgan fingerprint density at radius 3 is 2.74 bits per heavy atom. The van der Waals surface area contributed by atoms with Crippen molar-refractivity contribution in [1.29, 1.82) is 0 Å². The first-order valence-electron chi connectivity index (χ1n) is 7.31. The van der Waals surface area contributed by atoms with Gasteiger partial charge in [0.15, 0.2) is 12.4 Å². The molecule has 0 aromatic carbocycles. The summed E-state index contributed by atoms with van der Waals surface area (Å²) in [5.41, 5.74) is 0. The van der Waals surface area contributed by atoms with E-state index in [9.17, 15) is 20.2 Å². The smallest absolute Gasteiger partial charge is 0.390 e. The molecule has 0 fully saturated rings. The van der Waals surface area contributed by atoms with Gasteiger partial charge in [-0.1, -0.05) is 4.98 Å². The summed E-state index contributed by atoms with van der Waals surface area (Å²) in [6.45, 7) is 2.84. The fraction of sp³-hybridized carbons (Fsp3) is 0.500. The molecule has 1 aliphatic rings. The van der Waals surface area contributed by atoms with E-state index in [0.717, 1.165) is 25.9 Å². The van der Waals surface area contributed by atoms with Crippen LogP contribution in [0.25, 0.3) is 0 Å². The van der Waals surface area contributed by atoms with E-state index in [1.165, 1.54) is 17.0 Å². The SMILES string of the molecule is O=[N+]([O-])C1=NC=C[NH+]1CCC[NH2+]CCCn1ccnc1[N+](=O)[O-]. The molecule has 1 atom stereocenters. The molecular weight excluding hydrogens is 306 g/mol. The van der Waals surface area contributed by atoms with E-state index in [1.54, 1.807) is 12.4 Å². The highest BCUT2D eigenvalue weighted by Gasteiger charge is 2.30. The van der Waals surface area contributed by atoms with Gasteiger partial charge in [-0.15, -0.1) is 0 Å². The quantitative estimate of drug-likeness (QED) is 0.311. The van der Waals surface area contributed by atoms with Crippen LogP contribution in [0.4, 0.5) is 5.95 Å². The van der Waals surface area contributed by atoms with Gasteiger partial charge in [0.25, 0.3) is 0 Å². The summed E-state index contributed by atoms with van der Waals surface area (Å²) in [5, 5.41) is 23.5. The number of quaternary nitrogens is 2. The fourth-order valence-corrected chi connectivity index (χ4v) is 2.35. The molecule has 11 nitrogen and oxygen atoms in total. The van der Waals surface area contributed by atoms with Crippen molar-refractivity contribution >= 4 is 11.9 Å². The molecule has 1 aromatic rings. The molecule has 124 valence electrons. The zero-order valence-corrected chi connectivity index (χ0v) is 12.5. The monoisotopic (exact) mass is 325 g/mol. The Morgan fingerprint density at radius 1 is 1.22 bits per heavy atom. The van der Waals surface area contributed by atoms with Gasteiger partial charge in [0.1, 0.15) is 12.4 Å². The first kappa shape index (κ1) is 16.7. The average molecular weight is 325 g/mol. The van der Waals surface area contributed by atoms with E-state index in [0.29, 0.717) is 18.0 Å². The van der Waals surface area contributed by atoms with Crippen LogP contribution in [0, 0.1) is 20.2 Å². The summed E-state index contributed by atoms with van der Waals surface area (Å²) in [7, 11) is 0. The predicted octanol–water partition coefficient (Wildman–Crippen LogP) is -1.86. The summed E-state index contributed by atoms with van der Waals surface area (Å²) >= 11 is 0. The molecule has 0 radical (unpaired) electrons. The Labute approximate surface area is 131 Å². The number of hydrogen-bond acceptors (Lipinski definition) is 6. The average Bonchev–Trinajstić information content (AvgIpc) is 3.14. The summed E-state index contributed by atoms with van der Waals surface area (Å²) in [5.74, 6) is -0.196. The molecule has 0 saturated heterocycles. The van der Waals surface area contributed by atoms with E-state index < -0.39 is 9.85 Å². The van der Waals surface area contributed by atoms with Crippen LogP contribution in [0.15, 0.2) is 29.8 Å². The molecule has 0 aliphatic carbocycles. The van der Waals surface area contributed by atoms with Crippen molar-refractivity contribution in [2.24, 2.45) is 4.99 Å². The molecule has 3 N–H and O–H groups in total. The number of nitrogens with one attached hydrogen (secondary N) is 1. The highest BCUT2D eigenvalue weighted by Crippen LogP contribution is 2.07. The van der Waals surface area contributed by atoms with Gasteiger partial charge in [0.2, 0.25) is 0 Å². The highest BCUT2D eigenvalue weighted by molar-refractivity contribution is 5.64. The van der Waals surface area contributed by atoms with E-state index in [-0.39, 0.29) is 11.9 Å². The number of nitro groups is 2. The van der Waals surface area contributed by atoms with Crippen molar-refractivity contribution in [1.82, 2.24) is 9.55 Å². The maximum absolute atomic E-state index is 10.7. The number of nitrogens with two attached hydrogens (primary N) is 1. The third-order valence-electron chi connectivity index (χ3n) is 3.45. The molecule has 2 rings (SSSR count). The predicted molar refractivity (Wildman–Crippen MR) is 79.2 cm³/mol. The van der Waals surface area contributed by atoms with Crippen LogP contribution in [-0.4, -0.2) is 45.0 Å². The van der Waals surface area contributed by atoms with Crippen LogP contribution >= 0.6 is 0 Å². The van der Waals surface area contributed by atoms with Gasteiger partial charge in [-0.25, -0.2) is 4.57 Å². The van der Waals surface area contributed by atoms with Gasteiger partial charge in [0.05, 0.1) is 26.2 Å². The lowest BCUT2D eigenvalue weighted by atomic mass is 10.3. The maximum atomic E-state index is 10.7. The lowest BCUT2D eigenvalue weighted by Gasteiger charge is -2.06. The van der Waals surface area contributed by atoms with Gasteiger partial charge < -0.3 is 25.5 Å². The van der Waals surface area contributed by atoms with Crippen molar-refractivity contribution in [3.8, 4) is 0 Å². The highest BCUT2D eigenvalue weighted by atomic mass is 16.6. The lowest BCUT2D eigenvalue weighted by Crippen LogP contribution is -3.10. The Hall–Kier alpha value is -2.66. The Balaban J connectivity index is 1.57.